The lowest BCUT2D eigenvalue weighted by atomic mass is 10.2. The van der Waals surface area contributed by atoms with Gasteiger partial charge in [0.05, 0.1) is 28.4 Å². The average Bonchev–Trinajstić information content (AvgIpc) is 2.88. The third kappa shape index (κ3) is 6.91. The first-order chi connectivity index (χ1) is 17.7. The summed E-state index contributed by atoms with van der Waals surface area (Å²) in [6.45, 7) is 5.10. The molecule has 0 bridgehead atoms. The molecule has 1 amide bonds. The van der Waals surface area contributed by atoms with E-state index < -0.39 is 22.5 Å². The fourth-order valence-corrected chi connectivity index (χ4v) is 5.57. The van der Waals surface area contributed by atoms with E-state index >= 15 is 0 Å². The molecule has 3 rings (SSSR count). The number of methoxy groups -OCH3 is 1. The fraction of sp³-hybridized carbons (Fsp3) is 0.154. The molecule has 0 aliphatic carbocycles. The number of ether oxygens (including phenoxy) is 2. The molecule has 0 atom stereocenters. The first kappa shape index (κ1) is 28.2. The molecule has 0 radical (unpaired) electrons. The Morgan fingerprint density at radius 3 is 2.59 bits per heavy atom. The quantitative estimate of drug-likeness (QED) is 0.181. The topological polar surface area (TPSA) is 97.3 Å². The standard InChI is InChI=1S/C26H25BrClN3O5S/c1-4-13-36-26-21(27)14-19(15-24(26)35-3)16-29-30-25(32)17-31(23-12-8-11-22(28)18(23)2)37(33,34)20-9-6-5-7-10-20/h4-12,14-16H,1,13,17H2,2-3H3,(H,30,32)/b29-16-. The molecule has 0 aliphatic heterocycles. The molecule has 0 fully saturated rings. The summed E-state index contributed by atoms with van der Waals surface area (Å²) in [5.41, 5.74) is 3.81. The molecule has 37 heavy (non-hydrogen) atoms. The van der Waals surface area contributed by atoms with Gasteiger partial charge in [0, 0.05) is 5.02 Å². The van der Waals surface area contributed by atoms with Crippen molar-refractivity contribution in [1.29, 1.82) is 0 Å². The number of carbonyl (C=O) groups is 1. The maximum Gasteiger partial charge on any atom is 0.264 e. The Morgan fingerprint density at radius 1 is 1.19 bits per heavy atom. The van der Waals surface area contributed by atoms with E-state index in [1.165, 1.54) is 25.5 Å². The number of carbonyl (C=O) groups excluding carboxylic acids is 1. The van der Waals surface area contributed by atoms with Crippen molar-refractivity contribution in [2.24, 2.45) is 5.10 Å². The molecule has 11 heteroatoms. The van der Waals surface area contributed by atoms with E-state index in [-0.39, 0.29) is 4.90 Å². The number of anilines is 1. The molecule has 0 saturated heterocycles. The summed E-state index contributed by atoms with van der Waals surface area (Å²) in [4.78, 5) is 12.9. The van der Waals surface area contributed by atoms with E-state index in [1.54, 1.807) is 61.5 Å². The highest BCUT2D eigenvalue weighted by atomic mass is 79.9. The van der Waals surface area contributed by atoms with Crippen LogP contribution in [0.3, 0.4) is 0 Å². The second kappa shape index (κ2) is 12.8. The zero-order valence-electron chi connectivity index (χ0n) is 20.1. The lowest BCUT2D eigenvalue weighted by Gasteiger charge is -2.25. The molecular formula is C26H25BrClN3O5S. The lowest BCUT2D eigenvalue weighted by Crippen LogP contribution is -2.40. The molecule has 0 aromatic heterocycles. The van der Waals surface area contributed by atoms with Gasteiger partial charge in [0.15, 0.2) is 11.5 Å². The lowest BCUT2D eigenvalue weighted by molar-refractivity contribution is -0.119. The van der Waals surface area contributed by atoms with Crippen molar-refractivity contribution >= 4 is 55.4 Å². The van der Waals surface area contributed by atoms with Crippen molar-refractivity contribution in [3.63, 3.8) is 0 Å². The van der Waals surface area contributed by atoms with Crippen LogP contribution in [0.1, 0.15) is 11.1 Å². The van der Waals surface area contributed by atoms with Crippen LogP contribution in [0.2, 0.25) is 5.02 Å². The SMILES string of the molecule is C=CCOc1c(Br)cc(/C=N\NC(=O)CN(c2cccc(Cl)c2C)S(=O)(=O)c2ccccc2)cc1OC. The van der Waals surface area contributed by atoms with E-state index in [0.29, 0.717) is 44.4 Å². The van der Waals surface area contributed by atoms with Gasteiger partial charge in [-0.1, -0.05) is 48.5 Å². The summed E-state index contributed by atoms with van der Waals surface area (Å²) in [7, 11) is -2.57. The van der Waals surface area contributed by atoms with Gasteiger partial charge in [-0.2, -0.15) is 5.10 Å². The summed E-state index contributed by atoms with van der Waals surface area (Å²) in [6, 6.07) is 16.1. The molecule has 0 unspecified atom stereocenters. The van der Waals surface area contributed by atoms with Crippen LogP contribution in [0.4, 0.5) is 5.69 Å². The van der Waals surface area contributed by atoms with E-state index in [0.717, 1.165) is 4.31 Å². The fourth-order valence-electron chi connectivity index (χ4n) is 3.33. The highest BCUT2D eigenvalue weighted by Gasteiger charge is 2.28. The van der Waals surface area contributed by atoms with Crippen LogP contribution in [-0.4, -0.2) is 40.8 Å². The Hall–Kier alpha value is -3.34. The zero-order valence-corrected chi connectivity index (χ0v) is 23.3. The van der Waals surface area contributed by atoms with Crippen molar-refractivity contribution in [3.8, 4) is 11.5 Å². The molecular weight excluding hydrogens is 582 g/mol. The van der Waals surface area contributed by atoms with Crippen LogP contribution in [0.5, 0.6) is 11.5 Å². The second-order valence-electron chi connectivity index (χ2n) is 7.64. The van der Waals surface area contributed by atoms with Crippen LogP contribution in [-0.2, 0) is 14.8 Å². The van der Waals surface area contributed by atoms with Gasteiger partial charge >= 0.3 is 0 Å². The maximum atomic E-state index is 13.5. The normalized spacial score (nSPS) is 11.2. The Bertz CT molecular complexity index is 1420. The molecule has 0 spiro atoms. The average molecular weight is 607 g/mol. The second-order valence-corrected chi connectivity index (χ2v) is 10.8. The predicted octanol–water partition coefficient (Wildman–Crippen LogP) is 5.33. The van der Waals surface area contributed by atoms with Gasteiger partial charge in [0.25, 0.3) is 15.9 Å². The number of nitrogens with one attached hydrogen (secondary N) is 1. The summed E-state index contributed by atoms with van der Waals surface area (Å²) in [5.74, 6) is 0.315. The van der Waals surface area contributed by atoms with E-state index in [2.05, 4.69) is 33.0 Å². The highest BCUT2D eigenvalue weighted by Crippen LogP contribution is 2.36. The molecule has 0 saturated carbocycles. The minimum absolute atomic E-state index is 0.0429. The largest absolute Gasteiger partial charge is 0.493 e. The van der Waals surface area contributed by atoms with Gasteiger partial charge in [-0.05, 0) is 70.4 Å². The number of rotatable bonds is 11. The van der Waals surface area contributed by atoms with Crippen LogP contribution in [0.15, 0.2) is 87.8 Å². The third-order valence-electron chi connectivity index (χ3n) is 5.13. The van der Waals surface area contributed by atoms with Gasteiger partial charge < -0.3 is 9.47 Å². The van der Waals surface area contributed by atoms with Crippen LogP contribution in [0.25, 0.3) is 0 Å². The van der Waals surface area contributed by atoms with Crippen molar-refractivity contribution < 1.29 is 22.7 Å². The van der Waals surface area contributed by atoms with Crippen molar-refractivity contribution in [1.82, 2.24) is 5.43 Å². The number of hydrogen-bond acceptors (Lipinski definition) is 6. The van der Waals surface area contributed by atoms with Gasteiger partial charge in [0.2, 0.25) is 0 Å². The molecule has 0 aliphatic rings. The zero-order chi connectivity index (χ0) is 27.0. The predicted molar refractivity (Wildman–Crippen MR) is 149 cm³/mol. The van der Waals surface area contributed by atoms with Crippen LogP contribution >= 0.6 is 27.5 Å². The molecule has 0 heterocycles. The molecule has 3 aromatic carbocycles. The highest BCUT2D eigenvalue weighted by molar-refractivity contribution is 9.10. The van der Waals surface area contributed by atoms with E-state index in [9.17, 15) is 13.2 Å². The van der Waals surface area contributed by atoms with Gasteiger partial charge in [-0.25, -0.2) is 13.8 Å². The summed E-state index contributed by atoms with van der Waals surface area (Å²) in [6.07, 6.45) is 3.02. The summed E-state index contributed by atoms with van der Waals surface area (Å²) < 4.78 is 39.5. The van der Waals surface area contributed by atoms with Crippen LogP contribution < -0.4 is 19.2 Å². The smallest absolute Gasteiger partial charge is 0.264 e. The minimum Gasteiger partial charge on any atom is -0.493 e. The number of hydrogen-bond donors (Lipinski definition) is 1. The summed E-state index contributed by atoms with van der Waals surface area (Å²) >= 11 is 9.68. The number of halogens is 2. The molecule has 1 N–H and O–H groups in total. The Morgan fingerprint density at radius 2 is 1.92 bits per heavy atom. The van der Waals surface area contributed by atoms with Crippen molar-refractivity contribution in [3.05, 3.63) is 93.9 Å². The molecule has 8 nitrogen and oxygen atoms in total. The number of nitrogens with zero attached hydrogens (tertiary/aromatic N) is 2. The van der Waals surface area contributed by atoms with Gasteiger partial charge in [-0.3, -0.25) is 9.10 Å². The third-order valence-corrected chi connectivity index (χ3v) is 7.90. The van der Waals surface area contributed by atoms with Crippen molar-refractivity contribution in [2.75, 3.05) is 24.6 Å². The number of amides is 1. The Kier molecular flexibility index (Phi) is 9.73. The van der Waals surface area contributed by atoms with Gasteiger partial charge in [0.1, 0.15) is 13.2 Å². The van der Waals surface area contributed by atoms with Crippen LogP contribution in [0, 0.1) is 6.92 Å². The molecule has 3 aromatic rings. The first-order valence-electron chi connectivity index (χ1n) is 10.9. The summed E-state index contributed by atoms with van der Waals surface area (Å²) in [5, 5.41) is 4.36. The number of benzene rings is 3. The number of hydrazone groups is 1. The van der Waals surface area contributed by atoms with E-state index in [4.69, 9.17) is 21.1 Å². The monoisotopic (exact) mass is 605 g/mol. The maximum absolute atomic E-state index is 13.5. The minimum atomic E-state index is -4.07. The Balaban J connectivity index is 1.84. The Labute approximate surface area is 229 Å². The first-order valence-corrected chi connectivity index (χ1v) is 13.6. The van der Waals surface area contributed by atoms with E-state index in [1.807, 2.05) is 0 Å². The van der Waals surface area contributed by atoms with Gasteiger partial charge in [-0.15, -0.1) is 0 Å². The number of sulfonamides is 1. The van der Waals surface area contributed by atoms with Crippen molar-refractivity contribution in [2.45, 2.75) is 11.8 Å². The molecule has 194 valence electrons.